The van der Waals surface area contributed by atoms with Gasteiger partial charge in [0.25, 0.3) is 0 Å². The van der Waals surface area contributed by atoms with Gasteiger partial charge in [-0.1, -0.05) is 35.3 Å². The van der Waals surface area contributed by atoms with E-state index in [4.69, 9.17) is 23.2 Å². The average molecular weight is 424 g/mol. The van der Waals surface area contributed by atoms with E-state index in [0.717, 1.165) is 5.56 Å². The smallest absolute Gasteiger partial charge is 0.313 e. The molecule has 1 aromatic heterocycles. The highest BCUT2D eigenvalue weighted by Crippen LogP contribution is 2.36. The number of amides is 1. The molecule has 1 N–H and O–H groups in total. The van der Waals surface area contributed by atoms with Gasteiger partial charge in [0, 0.05) is 44.0 Å². The minimum Gasteiger partial charge on any atom is -0.358 e. The molecule has 1 atom stereocenters. The maximum atomic E-state index is 11.8. The molecule has 0 bridgehead atoms. The summed E-state index contributed by atoms with van der Waals surface area (Å²) in [5, 5.41) is 15.0. The van der Waals surface area contributed by atoms with Crippen LogP contribution in [0.5, 0.6) is 0 Å². The molecule has 0 spiro atoms. The number of likely N-dealkylation sites (N-methyl/N-ethyl adjacent to an activating group) is 1. The Kier molecular flexibility index (Phi) is 6.33. The largest absolute Gasteiger partial charge is 0.358 e. The molecule has 1 aliphatic rings. The zero-order chi connectivity index (χ0) is 20.3. The highest BCUT2D eigenvalue weighted by molar-refractivity contribution is 6.31. The molecule has 1 aromatic carbocycles. The number of rotatable bonds is 5. The van der Waals surface area contributed by atoms with Gasteiger partial charge in [-0.25, -0.2) is 4.98 Å². The van der Waals surface area contributed by atoms with Crippen LogP contribution in [0.3, 0.4) is 0 Å². The predicted octanol–water partition coefficient (Wildman–Crippen LogP) is 2.91. The van der Waals surface area contributed by atoms with Crippen LogP contribution in [-0.4, -0.2) is 53.9 Å². The minimum absolute atomic E-state index is 0.0843. The Morgan fingerprint density at radius 1 is 1.29 bits per heavy atom. The Morgan fingerprint density at radius 2 is 2.00 bits per heavy atom. The van der Waals surface area contributed by atoms with E-state index in [2.05, 4.69) is 10.3 Å². The highest BCUT2D eigenvalue weighted by atomic mass is 35.5. The lowest BCUT2D eigenvalue weighted by Gasteiger charge is -2.41. The Balaban J connectivity index is 1.98. The lowest BCUT2D eigenvalue weighted by Crippen LogP contribution is -2.51. The van der Waals surface area contributed by atoms with Gasteiger partial charge in [0.15, 0.2) is 0 Å². The summed E-state index contributed by atoms with van der Waals surface area (Å²) in [6.07, 6.45) is 1.40. The predicted molar refractivity (Wildman–Crippen MR) is 108 cm³/mol. The molecule has 0 radical (unpaired) electrons. The van der Waals surface area contributed by atoms with Crippen LogP contribution in [0.15, 0.2) is 36.5 Å². The number of hydrogen-bond acceptors (Lipinski definition) is 6. The maximum absolute atomic E-state index is 11.8. The van der Waals surface area contributed by atoms with Crippen molar-refractivity contribution in [3.8, 4) is 0 Å². The summed E-state index contributed by atoms with van der Waals surface area (Å²) in [6.45, 7) is 1.81. The number of piperazine rings is 1. The SMILES string of the molecule is CNC(=O)CN1CCN(c2ncc(Cl)cc2[N+](=O)[O-])C(c2ccc(Cl)cc2)C1. The normalized spacial score (nSPS) is 17.4. The van der Waals surface area contributed by atoms with E-state index >= 15 is 0 Å². The summed E-state index contributed by atoms with van der Waals surface area (Å²) in [7, 11) is 1.59. The Hall–Kier alpha value is -2.42. The monoisotopic (exact) mass is 423 g/mol. The summed E-state index contributed by atoms with van der Waals surface area (Å²) >= 11 is 11.9. The standard InChI is InChI=1S/C18H19Cl2N5O3/c1-21-17(26)11-23-6-7-24(16(10-23)12-2-4-13(19)5-3-12)18-15(25(27)28)8-14(20)9-22-18/h2-5,8-9,16H,6-7,10-11H2,1H3,(H,21,26). The molecule has 10 heteroatoms. The van der Waals surface area contributed by atoms with Gasteiger partial charge < -0.3 is 10.2 Å². The van der Waals surface area contributed by atoms with Crippen LogP contribution < -0.4 is 10.2 Å². The van der Waals surface area contributed by atoms with E-state index in [1.165, 1.54) is 12.3 Å². The summed E-state index contributed by atoms with van der Waals surface area (Å²) in [5.41, 5.74) is 0.781. The van der Waals surface area contributed by atoms with Crippen molar-refractivity contribution >= 4 is 40.6 Å². The molecular weight excluding hydrogens is 405 g/mol. The highest BCUT2D eigenvalue weighted by Gasteiger charge is 2.34. The summed E-state index contributed by atoms with van der Waals surface area (Å²) in [6, 6.07) is 8.38. The zero-order valence-electron chi connectivity index (χ0n) is 15.1. The Labute approximate surface area is 172 Å². The topological polar surface area (TPSA) is 91.6 Å². The first-order valence-electron chi connectivity index (χ1n) is 8.64. The van der Waals surface area contributed by atoms with E-state index < -0.39 is 4.92 Å². The number of nitrogens with one attached hydrogen (secondary N) is 1. The number of anilines is 1. The molecule has 0 aliphatic carbocycles. The maximum Gasteiger partial charge on any atom is 0.313 e. The fourth-order valence-corrected chi connectivity index (χ4v) is 3.54. The number of aromatic nitrogens is 1. The second kappa shape index (κ2) is 8.72. The van der Waals surface area contributed by atoms with E-state index in [1.807, 2.05) is 21.9 Å². The molecule has 1 unspecified atom stereocenters. The molecular formula is C18H19Cl2N5O3. The van der Waals surface area contributed by atoms with Crippen molar-refractivity contribution in [1.29, 1.82) is 0 Å². The van der Waals surface area contributed by atoms with E-state index in [1.54, 1.807) is 19.2 Å². The van der Waals surface area contributed by atoms with Gasteiger partial charge in [0.2, 0.25) is 11.7 Å². The van der Waals surface area contributed by atoms with Crippen LogP contribution in [-0.2, 0) is 4.79 Å². The number of benzene rings is 1. The Bertz CT molecular complexity index is 878. The van der Waals surface area contributed by atoms with Crippen LogP contribution in [0.2, 0.25) is 10.0 Å². The first-order chi connectivity index (χ1) is 13.4. The Morgan fingerprint density at radius 3 is 2.64 bits per heavy atom. The quantitative estimate of drug-likeness (QED) is 0.586. The van der Waals surface area contributed by atoms with Gasteiger partial charge in [-0.15, -0.1) is 0 Å². The van der Waals surface area contributed by atoms with Crippen molar-refractivity contribution in [3.63, 3.8) is 0 Å². The number of carbonyl (C=O) groups excluding carboxylic acids is 1. The molecule has 1 aliphatic heterocycles. The molecule has 3 rings (SSSR count). The second-order valence-electron chi connectivity index (χ2n) is 6.42. The number of hydrogen-bond donors (Lipinski definition) is 1. The first kappa shape index (κ1) is 20.3. The second-order valence-corrected chi connectivity index (χ2v) is 7.30. The first-order valence-corrected chi connectivity index (χ1v) is 9.39. The fourth-order valence-electron chi connectivity index (χ4n) is 3.27. The van der Waals surface area contributed by atoms with Crippen LogP contribution in [0.1, 0.15) is 11.6 Å². The van der Waals surface area contributed by atoms with Gasteiger partial charge in [-0.3, -0.25) is 19.8 Å². The number of nitrogens with zero attached hydrogens (tertiary/aromatic N) is 4. The molecule has 1 fully saturated rings. The zero-order valence-corrected chi connectivity index (χ0v) is 16.7. The molecule has 1 amide bonds. The minimum atomic E-state index is -0.482. The van der Waals surface area contributed by atoms with Crippen LogP contribution in [0.4, 0.5) is 11.5 Å². The molecule has 0 saturated carbocycles. The van der Waals surface area contributed by atoms with Crippen molar-refractivity contribution in [2.45, 2.75) is 6.04 Å². The number of pyridine rings is 1. The third-order valence-corrected chi connectivity index (χ3v) is 5.11. The van der Waals surface area contributed by atoms with Gasteiger partial charge in [-0.05, 0) is 17.7 Å². The van der Waals surface area contributed by atoms with Crippen molar-refractivity contribution in [2.24, 2.45) is 0 Å². The fraction of sp³-hybridized carbons (Fsp3) is 0.333. The average Bonchev–Trinajstić information content (AvgIpc) is 2.68. The molecule has 148 valence electrons. The van der Waals surface area contributed by atoms with Gasteiger partial charge in [0.05, 0.1) is 22.5 Å². The number of halogens is 2. The van der Waals surface area contributed by atoms with Crippen molar-refractivity contribution < 1.29 is 9.72 Å². The number of carbonyl (C=O) groups is 1. The van der Waals surface area contributed by atoms with Gasteiger partial charge in [0.1, 0.15) is 0 Å². The summed E-state index contributed by atoms with van der Waals surface area (Å²) in [4.78, 5) is 31.0. The van der Waals surface area contributed by atoms with Crippen LogP contribution in [0.25, 0.3) is 0 Å². The van der Waals surface area contributed by atoms with Crippen LogP contribution >= 0.6 is 23.2 Å². The van der Waals surface area contributed by atoms with Crippen molar-refractivity contribution in [3.05, 3.63) is 62.3 Å². The van der Waals surface area contributed by atoms with Crippen molar-refractivity contribution in [2.75, 3.05) is 38.1 Å². The molecule has 1 saturated heterocycles. The van der Waals surface area contributed by atoms with Gasteiger partial charge in [-0.2, -0.15) is 0 Å². The molecule has 8 nitrogen and oxygen atoms in total. The van der Waals surface area contributed by atoms with E-state index in [9.17, 15) is 14.9 Å². The molecule has 28 heavy (non-hydrogen) atoms. The lowest BCUT2D eigenvalue weighted by atomic mass is 10.0. The molecule has 2 aromatic rings. The third kappa shape index (κ3) is 4.52. The van der Waals surface area contributed by atoms with Gasteiger partial charge >= 0.3 is 5.69 Å². The van der Waals surface area contributed by atoms with Crippen molar-refractivity contribution in [1.82, 2.24) is 15.2 Å². The third-order valence-electron chi connectivity index (χ3n) is 4.65. The summed E-state index contributed by atoms with van der Waals surface area (Å²) < 4.78 is 0. The van der Waals surface area contributed by atoms with Crippen LogP contribution in [0, 0.1) is 10.1 Å². The summed E-state index contributed by atoms with van der Waals surface area (Å²) in [5.74, 6) is 0.174. The van der Waals surface area contributed by atoms with E-state index in [0.29, 0.717) is 24.7 Å². The van der Waals surface area contributed by atoms with E-state index in [-0.39, 0.29) is 35.0 Å². The molecule has 2 heterocycles. The number of nitro groups is 1. The lowest BCUT2D eigenvalue weighted by molar-refractivity contribution is -0.384.